The number of aryl methyl sites for hydroxylation is 1. The van der Waals surface area contributed by atoms with E-state index >= 15 is 0 Å². The van der Waals surface area contributed by atoms with Crippen LogP contribution in [0.3, 0.4) is 0 Å². The number of hydrogen-bond donors (Lipinski definition) is 1. The predicted octanol–water partition coefficient (Wildman–Crippen LogP) is 1.24. The van der Waals surface area contributed by atoms with Crippen LogP contribution < -0.4 is 5.32 Å². The molecule has 1 aromatic rings. The van der Waals surface area contributed by atoms with Gasteiger partial charge in [-0.2, -0.15) is 5.10 Å². The van der Waals surface area contributed by atoms with Crippen molar-refractivity contribution in [3.05, 3.63) is 17.0 Å². The first-order chi connectivity index (χ1) is 7.24. The van der Waals surface area contributed by atoms with Crippen molar-refractivity contribution in [3.63, 3.8) is 0 Å². The molecule has 1 fully saturated rings. The molecule has 0 amide bonds. The molecule has 0 aliphatic carbocycles. The van der Waals surface area contributed by atoms with Crippen molar-refractivity contribution in [1.82, 2.24) is 15.1 Å². The largest absolute Gasteiger partial charge is 0.315 e. The summed E-state index contributed by atoms with van der Waals surface area (Å²) in [5, 5.41) is 7.81. The number of carbonyl (C=O) groups is 1. The average Bonchev–Trinajstić information content (AvgIpc) is 2.55. The first-order valence-electron chi connectivity index (χ1n) is 5.45. The normalized spacial score (nSPS) is 21.6. The second-order valence-corrected chi connectivity index (χ2v) is 4.15. The Morgan fingerprint density at radius 3 is 2.87 bits per heavy atom. The molecule has 15 heavy (non-hydrogen) atoms. The molecular formula is C11H17N3O. The molecule has 1 aromatic heterocycles. The van der Waals surface area contributed by atoms with E-state index in [4.69, 9.17) is 0 Å². The van der Waals surface area contributed by atoms with Crippen LogP contribution >= 0.6 is 0 Å². The minimum absolute atomic E-state index is 0.408. The standard InChI is InChI=1S/C11H17N3O/c1-8-11(7-15)9(2)14(13-8)10-4-3-5-12-6-10/h7,10,12H,3-6H2,1-2H3. The van der Waals surface area contributed by atoms with E-state index in [0.29, 0.717) is 6.04 Å². The number of piperidine rings is 1. The zero-order valence-electron chi connectivity index (χ0n) is 9.29. The van der Waals surface area contributed by atoms with Crippen molar-refractivity contribution in [1.29, 1.82) is 0 Å². The Labute approximate surface area is 89.7 Å². The first kappa shape index (κ1) is 10.4. The lowest BCUT2D eigenvalue weighted by molar-refractivity contribution is 0.112. The highest BCUT2D eigenvalue weighted by Gasteiger charge is 2.20. The SMILES string of the molecule is Cc1nn(C2CCCNC2)c(C)c1C=O. The summed E-state index contributed by atoms with van der Waals surface area (Å²) in [6.45, 7) is 5.92. The number of aldehydes is 1. The third-order valence-corrected chi connectivity index (χ3v) is 3.12. The van der Waals surface area contributed by atoms with Crippen LogP contribution in [0, 0.1) is 13.8 Å². The van der Waals surface area contributed by atoms with Gasteiger partial charge in [0, 0.05) is 12.2 Å². The highest BCUT2D eigenvalue weighted by Crippen LogP contribution is 2.20. The summed E-state index contributed by atoms with van der Waals surface area (Å²) in [6, 6.07) is 0.408. The van der Waals surface area contributed by atoms with Crippen molar-refractivity contribution >= 4 is 6.29 Å². The van der Waals surface area contributed by atoms with Gasteiger partial charge in [0.15, 0.2) is 6.29 Å². The molecule has 0 bridgehead atoms. The van der Waals surface area contributed by atoms with Crippen molar-refractivity contribution in [2.24, 2.45) is 0 Å². The number of carbonyl (C=O) groups excluding carboxylic acids is 1. The number of hydrogen-bond acceptors (Lipinski definition) is 3. The summed E-state index contributed by atoms with van der Waals surface area (Å²) in [4.78, 5) is 10.9. The smallest absolute Gasteiger partial charge is 0.153 e. The summed E-state index contributed by atoms with van der Waals surface area (Å²) >= 11 is 0. The fourth-order valence-corrected chi connectivity index (χ4v) is 2.24. The zero-order chi connectivity index (χ0) is 10.8. The van der Waals surface area contributed by atoms with E-state index in [1.54, 1.807) is 0 Å². The third kappa shape index (κ3) is 1.81. The molecule has 0 radical (unpaired) electrons. The van der Waals surface area contributed by atoms with Gasteiger partial charge in [-0.3, -0.25) is 9.48 Å². The highest BCUT2D eigenvalue weighted by molar-refractivity contribution is 5.78. The second kappa shape index (κ2) is 4.14. The van der Waals surface area contributed by atoms with Gasteiger partial charge in [0.1, 0.15) is 0 Å². The molecule has 1 aliphatic rings. The van der Waals surface area contributed by atoms with Gasteiger partial charge in [0.25, 0.3) is 0 Å². The molecule has 1 saturated heterocycles. The minimum atomic E-state index is 0.408. The van der Waals surface area contributed by atoms with E-state index in [1.807, 2.05) is 18.5 Å². The predicted molar refractivity (Wildman–Crippen MR) is 58.2 cm³/mol. The summed E-state index contributed by atoms with van der Waals surface area (Å²) < 4.78 is 2.01. The van der Waals surface area contributed by atoms with Crippen LogP contribution in [-0.4, -0.2) is 29.2 Å². The van der Waals surface area contributed by atoms with Crippen molar-refractivity contribution in [2.45, 2.75) is 32.7 Å². The summed E-state index contributed by atoms with van der Waals surface area (Å²) in [5.41, 5.74) is 2.59. The van der Waals surface area contributed by atoms with E-state index < -0.39 is 0 Å². The maximum atomic E-state index is 10.9. The molecule has 82 valence electrons. The Morgan fingerprint density at radius 1 is 1.53 bits per heavy atom. The monoisotopic (exact) mass is 207 g/mol. The van der Waals surface area contributed by atoms with Gasteiger partial charge in [-0.25, -0.2) is 0 Å². The molecule has 1 unspecified atom stereocenters. The Bertz CT molecular complexity index is 364. The third-order valence-electron chi connectivity index (χ3n) is 3.12. The minimum Gasteiger partial charge on any atom is -0.315 e. The molecule has 4 nitrogen and oxygen atoms in total. The second-order valence-electron chi connectivity index (χ2n) is 4.15. The Balaban J connectivity index is 2.31. The number of rotatable bonds is 2. The van der Waals surface area contributed by atoms with Gasteiger partial charge >= 0.3 is 0 Å². The first-order valence-corrected chi connectivity index (χ1v) is 5.45. The van der Waals surface area contributed by atoms with E-state index in [-0.39, 0.29) is 0 Å². The van der Waals surface area contributed by atoms with Gasteiger partial charge in [-0.1, -0.05) is 0 Å². The van der Waals surface area contributed by atoms with Gasteiger partial charge in [-0.05, 0) is 33.2 Å². The van der Waals surface area contributed by atoms with Crippen LogP contribution in [0.1, 0.15) is 40.6 Å². The van der Waals surface area contributed by atoms with Crippen LogP contribution in [0.15, 0.2) is 0 Å². The van der Waals surface area contributed by atoms with Gasteiger partial charge in [0.05, 0.1) is 17.3 Å². The summed E-state index contributed by atoms with van der Waals surface area (Å²) in [7, 11) is 0. The topological polar surface area (TPSA) is 46.9 Å². The highest BCUT2D eigenvalue weighted by atomic mass is 16.1. The zero-order valence-corrected chi connectivity index (χ0v) is 9.29. The van der Waals surface area contributed by atoms with E-state index in [1.165, 1.54) is 6.42 Å². The van der Waals surface area contributed by atoms with Crippen LogP contribution in [0.5, 0.6) is 0 Å². The van der Waals surface area contributed by atoms with Crippen LogP contribution in [0.2, 0.25) is 0 Å². The van der Waals surface area contributed by atoms with E-state index in [0.717, 1.165) is 42.7 Å². The van der Waals surface area contributed by atoms with Crippen LogP contribution in [0.25, 0.3) is 0 Å². The molecule has 2 rings (SSSR count). The van der Waals surface area contributed by atoms with E-state index in [9.17, 15) is 4.79 Å². The lowest BCUT2D eigenvalue weighted by Gasteiger charge is -2.24. The Kier molecular flexibility index (Phi) is 2.86. The Morgan fingerprint density at radius 2 is 2.33 bits per heavy atom. The summed E-state index contributed by atoms with van der Waals surface area (Å²) in [6.07, 6.45) is 3.23. The van der Waals surface area contributed by atoms with Crippen molar-refractivity contribution in [3.8, 4) is 0 Å². The molecule has 0 aromatic carbocycles. The van der Waals surface area contributed by atoms with Gasteiger partial charge in [-0.15, -0.1) is 0 Å². The lowest BCUT2D eigenvalue weighted by Crippen LogP contribution is -2.32. The summed E-state index contributed by atoms with van der Waals surface area (Å²) in [5.74, 6) is 0. The van der Waals surface area contributed by atoms with Crippen molar-refractivity contribution < 1.29 is 4.79 Å². The molecular weight excluding hydrogens is 190 g/mol. The fraction of sp³-hybridized carbons (Fsp3) is 0.636. The van der Waals surface area contributed by atoms with Gasteiger partial charge in [0.2, 0.25) is 0 Å². The van der Waals surface area contributed by atoms with E-state index in [2.05, 4.69) is 10.4 Å². The molecule has 2 heterocycles. The molecule has 1 atom stereocenters. The number of aromatic nitrogens is 2. The molecule has 1 aliphatic heterocycles. The maximum absolute atomic E-state index is 10.9. The van der Waals surface area contributed by atoms with Crippen molar-refractivity contribution in [2.75, 3.05) is 13.1 Å². The molecule has 4 heteroatoms. The molecule has 1 N–H and O–H groups in total. The Hall–Kier alpha value is -1.16. The number of nitrogens with zero attached hydrogens (tertiary/aromatic N) is 2. The molecule has 0 saturated carbocycles. The van der Waals surface area contributed by atoms with Crippen LogP contribution in [-0.2, 0) is 0 Å². The average molecular weight is 207 g/mol. The lowest BCUT2D eigenvalue weighted by atomic mass is 10.1. The van der Waals surface area contributed by atoms with Crippen LogP contribution in [0.4, 0.5) is 0 Å². The quantitative estimate of drug-likeness (QED) is 0.742. The molecule has 0 spiro atoms. The fourth-order valence-electron chi connectivity index (χ4n) is 2.24. The number of nitrogens with one attached hydrogen (secondary N) is 1. The van der Waals surface area contributed by atoms with Gasteiger partial charge < -0.3 is 5.32 Å². The maximum Gasteiger partial charge on any atom is 0.153 e.